The quantitative estimate of drug-likeness (QED) is 0.643. The lowest BCUT2D eigenvalue weighted by atomic mass is 10.3. The van der Waals surface area contributed by atoms with Crippen LogP contribution in [0.4, 0.5) is 11.6 Å². The fraction of sp³-hybridized carbons (Fsp3) is 0.133. The summed E-state index contributed by atoms with van der Waals surface area (Å²) >= 11 is 3.46. The van der Waals surface area contributed by atoms with Crippen molar-refractivity contribution in [2.24, 2.45) is 17.3 Å². The molecule has 106 valence electrons. The molecule has 0 atom stereocenters. The van der Waals surface area contributed by atoms with Crippen molar-refractivity contribution in [1.29, 1.82) is 0 Å². The van der Waals surface area contributed by atoms with E-state index in [4.69, 9.17) is 4.74 Å². The average Bonchev–Trinajstić information content (AvgIpc) is 2.82. The Morgan fingerprint density at radius 3 is 2.57 bits per heavy atom. The zero-order chi connectivity index (χ0) is 14.8. The summed E-state index contributed by atoms with van der Waals surface area (Å²) in [5, 5.41) is 8.42. The summed E-state index contributed by atoms with van der Waals surface area (Å²) < 4.78 is 8.03. The molecule has 0 aliphatic carbocycles. The Bertz CT molecular complexity index is 808. The number of fused-ring (bicyclic) bond motifs is 1. The van der Waals surface area contributed by atoms with Crippen LogP contribution in [-0.4, -0.2) is 16.7 Å². The van der Waals surface area contributed by atoms with E-state index in [0.717, 1.165) is 26.9 Å². The van der Waals surface area contributed by atoms with E-state index in [-0.39, 0.29) is 0 Å². The Kier molecular flexibility index (Phi) is 3.70. The van der Waals surface area contributed by atoms with Crippen LogP contribution in [0.15, 0.2) is 57.2 Å². The number of hydrogen-bond acceptors (Lipinski definition) is 4. The van der Waals surface area contributed by atoms with Crippen LogP contribution < -0.4 is 4.74 Å². The fourth-order valence-corrected chi connectivity index (χ4v) is 2.34. The van der Waals surface area contributed by atoms with Gasteiger partial charge in [-0.15, -0.1) is 10.2 Å². The molecule has 21 heavy (non-hydrogen) atoms. The van der Waals surface area contributed by atoms with Crippen LogP contribution in [0.3, 0.4) is 0 Å². The van der Waals surface area contributed by atoms with Crippen LogP contribution >= 0.6 is 15.9 Å². The zero-order valence-corrected chi connectivity index (χ0v) is 13.2. The Labute approximate surface area is 130 Å². The molecule has 0 unspecified atom stereocenters. The highest BCUT2D eigenvalue weighted by molar-refractivity contribution is 9.10. The number of halogens is 1. The third-order valence-electron chi connectivity index (χ3n) is 3.15. The molecule has 2 aromatic carbocycles. The van der Waals surface area contributed by atoms with Gasteiger partial charge in [0.2, 0.25) is 5.95 Å². The minimum Gasteiger partial charge on any atom is -0.497 e. The molecule has 0 bridgehead atoms. The first-order valence-corrected chi connectivity index (χ1v) is 7.14. The Morgan fingerprint density at radius 2 is 1.86 bits per heavy atom. The lowest BCUT2D eigenvalue weighted by Gasteiger charge is -1.98. The first kappa shape index (κ1) is 13.8. The monoisotopic (exact) mass is 344 g/mol. The maximum atomic E-state index is 5.11. The van der Waals surface area contributed by atoms with Gasteiger partial charge in [-0.05, 0) is 42.5 Å². The first-order valence-electron chi connectivity index (χ1n) is 6.35. The molecule has 5 nitrogen and oxygen atoms in total. The number of azo groups is 1. The van der Waals surface area contributed by atoms with Crippen LogP contribution in [0.5, 0.6) is 5.75 Å². The summed E-state index contributed by atoms with van der Waals surface area (Å²) in [7, 11) is 3.55. The Hall–Kier alpha value is -2.21. The predicted molar refractivity (Wildman–Crippen MR) is 85.6 cm³/mol. The van der Waals surface area contributed by atoms with Gasteiger partial charge in [0.05, 0.1) is 23.8 Å². The van der Waals surface area contributed by atoms with Gasteiger partial charge >= 0.3 is 0 Å². The second kappa shape index (κ2) is 5.65. The van der Waals surface area contributed by atoms with Crippen molar-refractivity contribution in [1.82, 2.24) is 9.55 Å². The zero-order valence-electron chi connectivity index (χ0n) is 11.6. The van der Waals surface area contributed by atoms with E-state index >= 15 is 0 Å². The van der Waals surface area contributed by atoms with E-state index in [2.05, 4.69) is 31.1 Å². The maximum Gasteiger partial charge on any atom is 0.250 e. The number of benzene rings is 2. The van der Waals surface area contributed by atoms with Gasteiger partial charge in [-0.3, -0.25) is 0 Å². The Morgan fingerprint density at radius 1 is 1.10 bits per heavy atom. The summed E-state index contributed by atoms with van der Waals surface area (Å²) in [4.78, 5) is 4.46. The van der Waals surface area contributed by atoms with Gasteiger partial charge in [0, 0.05) is 11.5 Å². The number of aryl methyl sites for hydroxylation is 1. The third-order valence-corrected chi connectivity index (χ3v) is 3.64. The highest BCUT2D eigenvalue weighted by Crippen LogP contribution is 2.25. The van der Waals surface area contributed by atoms with Gasteiger partial charge < -0.3 is 9.30 Å². The van der Waals surface area contributed by atoms with E-state index in [9.17, 15) is 0 Å². The number of imidazole rings is 1. The predicted octanol–water partition coefficient (Wildman–Crippen LogP) is 4.76. The van der Waals surface area contributed by atoms with E-state index in [1.807, 2.05) is 54.1 Å². The largest absolute Gasteiger partial charge is 0.497 e. The molecule has 3 rings (SSSR count). The van der Waals surface area contributed by atoms with Gasteiger partial charge in [0.1, 0.15) is 5.75 Å². The number of aromatic nitrogens is 2. The highest BCUT2D eigenvalue weighted by Gasteiger charge is 2.07. The number of ether oxygens (including phenoxy) is 1. The molecule has 0 aliphatic rings. The van der Waals surface area contributed by atoms with Gasteiger partial charge in [-0.2, -0.15) is 0 Å². The topological polar surface area (TPSA) is 51.8 Å². The summed E-state index contributed by atoms with van der Waals surface area (Å²) in [6, 6.07) is 13.3. The molecule has 6 heteroatoms. The van der Waals surface area contributed by atoms with Gasteiger partial charge in [-0.1, -0.05) is 15.9 Å². The SMILES string of the molecule is COc1ccc(N=Nc2nc3ccc(Br)cc3n2C)cc1. The molecule has 0 amide bonds. The summed E-state index contributed by atoms with van der Waals surface area (Å²) in [5.74, 6) is 1.36. The van der Waals surface area contributed by atoms with Crippen LogP contribution in [-0.2, 0) is 7.05 Å². The van der Waals surface area contributed by atoms with Crippen molar-refractivity contribution in [3.63, 3.8) is 0 Å². The number of nitrogens with zero attached hydrogens (tertiary/aromatic N) is 4. The number of hydrogen-bond donors (Lipinski definition) is 0. The lowest BCUT2D eigenvalue weighted by molar-refractivity contribution is 0.415. The molecule has 1 aromatic heterocycles. The van der Waals surface area contributed by atoms with Crippen LogP contribution in [0.1, 0.15) is 0 Å². The normalized spacial score (nSPS) is 11.4. The van der Waals surface area contributed by atoms with Gasteiger partial charge in [0.15, 0.2) is 0 Å². The van der Waals surface area contributed by atoms with E-state index < -0.39 is 0 Å². The Balaban J connectivity index is 1.93. The number of rotatable bonds is 3. The number of methoxy groups -OCH3 is 1. The molecule has 0 spiro atoms. The molecule has 0 fully saturated rings. The van der Waals surface area contributed by atoms with Crippen molar-refractivity contribution >= 4 is 38.6 Å². The molecular formula is C15H13BrN4O. The smallest absolute Gasteiger partial charge is 0.250 e. The molecule has 0 N–H and O–H groups in total. The van der Waals surface area contributed by atoms with E-state index in [1.54, 1.807) is 7.11 Å². The van der Waals surface area contributed by atoms with E-state index in [0.29, 0.717) is 5.95 Å². The first-order chi connectivity index (χ1) is 10.2. The van der Waals surface area contributed by atoms with Crippen LogP contribution in [0.2, 0.25) is 0 Å². The standard InChI is InChI=1S/C15H13BrN4O/c1-20-14-9-10(16)3-8-13(14)17-15(20)19-18-11-4-6-12(21-2)7-5-11/h3-9H,1-2H3. The molecular weight excluding hydrogens is 332 g/mol. The summed E-state index contributed by atoms with van der Waals surface area (Å²) in [6.07, 6.45) is 0. The molecule has 0 saturated heterocycles. The molecule has 0 saturated carbocycles. The van der Waals surface area contributed by atoms with Gasteiger partial charge in [0.25, 0.3) is 0 Å². The van der Waals surface area contributed by atoms with Crippen LogP contribution in [0, 0.1) is 0 Å². The molecule has 1 heterocycles. The van der Waals surface area contributed by atoms with Crippen molar-refractivity contribution in [3.8, 4) is 5.75 Å². The second-order valence-corrected chi connectivity index (χ2v) is 5.42. The minimum absolute atomic E-state index is 0.568. The van der Waals surface area contributed by atoms with Crippen molar-refractivity contribution in [2.45, 2.75) is 0 Å². The second-order valence-electron chi connectivity index (χ2n) is 4.50. The van der Waals surface area contributed by atoms with Crippen LogP contribution in [0.25, 0.3) is 11.0 Å². The lowest BCUT2D eigenvalue weighted by Crippen LogP contribution is -1.85. The maximum absolute atomic E-state index is 5.11. The highest BCUT2D eigenvalue weighted by atomic mass is 79.9. The van der Waals surface area contributed by atoms with Crippen molar-refractivity contribution in [2.75, 3.05) is 7.11 Å². The van der Waals surface area contributed by atoms with Gasteiger partial charge in [-0.25, -0.2) is 4.98 Å². The van der Waals surface area contributed by atoms with Crippen molar-refractivity contribution in [3.05, 3.63) is 46.9 Å². The average molecular weight is 345 g/mol. The fourth-order valence-electron chi connectivity index (χ4n) is 1.99. The molecule has 0 radical (unpaired) electrons. The summed E-state index contributed by atoms with van der Waals surface area (Å²) in [5.41, 5.74) is 2.65. The van der Waals surface area contributed by atoms with E-state index in [1.165, 1.54) is 0 Å². The van der Waals surface area contributed by atoms with Crippen molar-refractivity contribution < 1.29 is 4.74 Å². The third kappa shape index (κ3) is 2.80. The minimum atomic E-state index is 0.568. The molecule has 0 aliphatic heterocycles. The summed E-state index contributed by atoms with van der Waals surface area (Å²) in [6.45, 7) is 0. The molecule has 3 aromatic rings.